The molecule has 0 saturated heterocycles. The number of para-hydroxylation sites is 1. The monoisotopic (exact) mass is 575 g/mol. The van der Waals surface area contributed by atoms with Crippen LogP contribution < -0.4 is 24.4 Å². The Hall–Kier alpha value is -4.97. The number of allylic oxidation sites excluding steroid dienone is 1. The Kier molecular flexibility index (Phi) is 7.58. The summed E-state index contributed by atoms with van der Waals surface area (Å²) in [5, 5.41) is 11.1. The van der Waals surface area contributed by atoms with Gasteiger partial charge in [-0.15, -0.1) is 0 Å². The van der Waals surface area contributed by atoms with Gasteiger partial charge in [-0.25, -0.2) is 9.79 Å². The average Bonchev–Trinajstić information content (AvgIpc) is 3.55. The highest BCUT2D eigenvalue weighted by Crippen LogP contribution is 2.36. The van der Waals surface area contributed by atoms with E-state index in [0.29, 0.717) is 43.4 Å². The molecule has 1 atom stereocenters. The molecule has 0 radical (unpaired) electrons. The molecule has 0 amide bonds. The number of furan rings is 1. The predicted molar refractivity (Wildman–Crippen MR) is 151 cm³/mol. The zero-order chi connectivity index (χ0) is 29.3. The third-order valence-corrected chi connectivity index (χ3v) is 7.50. The molecule has 1 aliphatic heterocycles. The Morgan fingerprint density at radius 2 is 1.90 bits per heavy atom. The van der Waals surface area contributed by atoms with E-state index in [2.05, 4.69) is 4.99 Å². The molecule has 0 saturated carbocycles. The molecule has 2 aromatic heterocycles. The van der Waals surface area contributed by atoms with Crippen LogP contribution >= 0.6 is 11.3 Å². The van der Waals surface area contributed by atoms with Gasteiger partial charge in [0.1, 0.15) is 29.1 Å². The van der Waals surface area contributed by atoms with Gasteiger partial charge in [-0.1, -0.05) is 29.5 Å². The number of thiazole rings is 1. The number of carbonyl (C=O) groups is 1. The van der Waals surface area contributed by atoms with Gasteiger partial charge in [0.15, 0.2) is 4.80 Å². The third kappa shape index (κ3) is 5.05. The molecular formula is C29H25N3O8S. The first-order valence-corrected chi connectivity index (χ1v) is 13.3. The topological polar surface area (TPSA) is 135 Å². The van der Waals surface area contributed by atoms with E-state index in [0.717, 1.165) is 11.3 Å². The summed E-state index contributed by atoms with van der Waals surface area (Å²) in [6.45, 7) is 3.59. The van der Waals surface area contributed by atoms with Crippen molar-refractivity contribution in [3.63, 3.8) is 0 Å². The predicted octanol–water partition coefficient (Wildman–Crippen LogP) is 3.98. The van der Waals surface area contributed by atoms with E-state index in [1.165, 1.54) is 30.9 Å². The van der Waals surface area contributed by atoms with Crippen LogP contribution in [0, 0.1) is 10.1 Å². The minimum atomic E-state index is -0.819. The summed E-state index contributed by atoms with van der Waals surface area (Å²) in [5.41, 5.74) is 1.35. The lowest BCUT2D eigenvalue weighted by molar-refractivity contribution is -0.384. The van der Waals surface area contributed by atoms with E-state index in [9.17, 15) is 19.7 Å². The summed E-state index contributed by atoms with van der Waals surface area (Å²) in [7, 11) is 2.94. The van der Waals surface area contributed by atoms with Crippen molar-refractivity contribution < 1.29 is 28.3 Å². The van der Waals surface area contributed by atoms with Crippen molar-refractivity contribution in [3.8, 4) is 22.8 Å². The molecule has 1 aliphatic rings. The van der Waals surface area contributed by atoms with Crippen molar-refractivity contribution in [3.05, 3.63) is 107 Å². The highest BCUT2D eigenvalue weighted by Gasteiger charge is 2.35. The lowest BCUT2D eigenvalue weighted by atomic mass is 9.95. The summed E-state index contributed by atoms with van der Waals surface area (Å²) >= 11 is 1.16. The maximum absolute atomic E-state index is 13.9. The van der Waals surface area contributed by atoms with Crippen LogP contribution in [0.2, 0.25) is 0 Å². The van der Waals surface area contributed by atoms with Crippen molar-refractivity contribution in [2.45, 2.75) is 19.9 Å². The van der Waals surface area contributed by atoms with Crippen molar-refractivity contribution in [2.24, 2.45) is 4.99 Å². The van der Waals surface area contributed by atoms with Gasteiger partial charge in [0, 0.05) is 17.7 Å². The number of nitro groups is 1. The largest absolute Gasteiger partial charge is 0.496 e. The number of esters is 1. The highest BCUT2D eigenvalue weighted by molar-refractivity contribution is 7.07. The third-order valence-electron chi connectivity index (χ3n) is 6.51. The fourth-order valence-electron chi connectivity index (χ4n) is 4.68. The molecule has 4 aromatic rings. The Balaban J connectivity index is 1.63. The number of hydrogen-bond donors (Lipinski definition) is 0. The summed E-state index contributed by atoms with van der Waals surface area (Å²) in [6.07, 6.45) is 1.59. The first-order chi connectivity index (χ1) is 19.8. The number of carbonyl (C=O) groups excluding carboxylic acids is 1. The van der Waals surface area contributed by atoms with Crippen LogP contribution in [0.25, 0.3) is 17.4 Å². The highest BCUT2D eigenvalue weighted by atomic mass is 32.1. The Morgan fingerprint density at radius 1 is 1.15 bits per heavy atom. The summed E-state index contributed by atoms with van der Waals surface area (Å²) in [5.74, 6) is 1.00. The number of rotatable bonds is 8. The van der Waals surface area contributed by atoms with E-state index in [1.54, 1.807) is 56.3 Å². The minimum absolute atomic E-state index is 0.111. The van der Waals surface area contributed by atoms with Crippen molar-refractivity contribution in [1.29, 1.82) is 0 Å². The fraction of sp³-hybridized carbons (Fsp3) is 0.207. The first kappa shape index (κ1) is 27.6. The van der Waals surface area contributed by atoms with Gasteiger partial charge in [-0.3, -0.25) is 19.5 Å². The minimum Gasteiger partial charge on any atom is -0.496 e. The van der Waals surface area contributed by atoms with Crippen molar-refractivity contribution in [1.82, 2.24) is 4.57 Å². The Morgan fingerprint density at radius 3 is 2.61 bits per heavy atom. The second kappa shape index (κ2) is 11.3. The number of non-ortho nitro benzene ring substituents is 1. The first-order valence-electron chi connectivity index (χ1n) is 12.5. The number of fused-ring (bicyclic) bond motifs is 1. The summed E-state index contributed by atoms with van der Waals surface area (Å²) < 4.78 is 24.0. The molecule has 0 unspecified atom stereocenters. The van der Waals surface area contributed by atoms with Gasteiger partial charge in [0.05, 0.1) is 53.2 Å². The molecule has 0 bridgehead atoms. The Bertz CT molecular complexity index is 1880. The smallest absolute Gasteiger partial charge is 0.338 e. The van der Waals surface area contributed by atoms with Crippen LogP contribution in [-0.2, 0) is 9.53 Å². The Labute approximate surface area is 237 Å². The number of nitrogens with zero attached hydrogens (tertiary/aromatic N) is 3. The van der Waals surface area contributed by atoms with E-state index < -0.39 is 16.9 Å². The molecule has 0 aliphatic carbocycles. The van der Waals surface area contributed by atoms with E-state index in [-0.39, 0.29) is 29.2 Å². The van der Waals surface area contributed by atoms with Gasteiger partial charge in [0.2, 0.25) is 0 Å². The maximum Gasteiger partial charge on any atom is 0.338 e. The molecule has 11 nitrogen and oxygen atoms in total. The van der Waals surface area contributed by atoms with Crippen molar-refractivity contribution >= 4 is 29.1 Å². The molecular weight excluding hydrogens is 550 g/mol. The molecule has 210 valence electrons. The molecule has 12 heteroatoms. The van der Waals surface area contributed by atoms with E-state index in [4.69, 9.17) is 18.6 Å². The summed E-state index contributed by atoms with van der Waals surface area (Å²) in [6, 6.07) is 13.9. The van der Waals surface area contributed by atoms with Crippen molar-refractivity contribution in [2.75, 3.05) is 20.8 Å². The number of benzene rings is 2. The zero-order valence-corrected chi connectivity index (χ0v) is 23.4. The van der Waals surface area contributed by atoms with Crippen LogP contribution in [0.4, 0.5) is 5.69 Å². The fourth-order valence-corrected chi connectivity index (χ4v) is 5.71. The zero-order valence-electron chi connectivity index (χ0n) is 22.6. The lowest BCUT2D eigenvalue weighted by Crippen LogP contribution is -2.40. The molecule has 0 spiro atoms. The molecule has 0 fully saturated rings. The second-order valence-corrected chi connectivity index (χ2v) is 9.90. The van der Waals surface area contributed by atoms with E-state index >= 15 is 0 Å². The van der Waals surface area contributed by atoms with Gasteiger partial charge >= 0.3 is 5.97 Å². The summed E-state index contributed by atoms with van der Waals surface area (Å²) in [4.78, 5) is 42.6. The number of aromatic nitrogens is 1. The molecule has 5 rings (SSSR count). The normalized spacial score (nSPS) is 14.8. The number of nitro benzene ring substituents is 1. The average molecular weight is 576 g/mol. The molecule has 2 aromatic carbocycles. The van der Waals surface area contributed by atoms with Crippen LogP contribution in [0.3, 0.4) is 0 Å². The van der Waals surface area contributed by atoms with Gasteiger partial charge in [-0.2, -0.15) is 0 Å². The number of methoxy groups -OCH3 is 2. The lowest BCUT2D eigenvalue weighted by Gasteiger charge is -2.25. The number of ether oxygens (including phenoxy) is 3. The number of hydrogen-bond acceptors (Lipinski definition) is 10. The second-order valence-electron chi connectivity index (χ2n) is 8.89. The van der Waals surface area contributed by atoms with Gasteiger partial charge in [0.25, 0.3) is 11.2 Å². The molecule has 41 heavy (non-hydrogen) atoms. The van der Waals surface area contributed by atoms with Gasteiger partial charge < -0.3 is 18.6 Å². The SMILES string of the molecule is CCOC(=O)C1=C(C)N=c2s/c(=C\c3ccc(-c4ccc([N+](=O)[O-])cc4OC)o3)c(=O)n2[C@@H]1c1ccccc1OC. The maximum atomic E-state index is 13.9. The van der Waals surface area contributed by atoms with Crippen LogP contribution in [0.15, 0.2) is 80.1 Å². The van der Waals surface area contributed by atoms with Crippen LogP contribution in [-0.4, -0.2) is 36.3 Å². The van der Waals surface area contributed by atoms with E-state index in [1.807, 2.05) is 6.07 Å². The molecule has 0 N–H and O–H groups in total. The van der Waals surface area contributed by atoms with Crippen LogP contribution in [0.1, 0.15) is 31.2 Å². The van der Waals surface area contributed by atoms with Crippen LogP contribution in [0.5, 0.6) is 11.5 Å². The standard InChI is InChI=1S/C29H25N3O8S/c1-5-39-28(34)25-16(2)30-29-31(26(25)20-8-6-7-9-21(20)37-3)27(33)24(41-29)15-18-11-13-22(40-18)19-12-10-17(32(35)36)14-23(19)38-4/h6-15,26H,5H2,1-4H3/b24-15-/t26-/m1/s1. The van der Waals surface area contributed by atoms with Gasteiger partial charge in [-0.05, 0) is 38.1 Å². The molecule has 3 heterocycles. The quantitative estimate of drug-likeness (QED) is 0.175.